The van der Waals surface area contributed by atoms with Crippen molar-refractivity contribution in [3.05, 3.63) is 36.8 Å². The third-order valence-corrected chi connectivity index (χ3v) is 3.21. The minimum Gasteiger partial charge on any atom is -0.384 e. The summed E-state index contributed by atoms with van der Waals surface area (Å²) in [7, 11) is 4.13. The molecule has 0 aliphatic rings. The van der Waals surface area contributed by atoms with Crippen molar-refractivity contribution in [2.75, 3.05) is 32.5 Å². The number of benzene rings is 1. The molecule has 108 valence electrons. The van der Waals surface area contributed by atoms with E-state index in [1.165, 1.54) is 6.33 Å². The van der Waals surface area contributed by atoms with Crippen molar-refractivity contribution in [1.82, 2.24) is 24.8 Å². The van der Waals surface area contributed by atoms with Crippen LogP contribution < -0.4 is 5.32 Å². The number of anilines is 1. The number of aromatic nitrogens is 4. The summed E-state index contributed by atoms with van der Waals surface area (Å²) >= 11 is 0. The molecule has 0 fully saturated rings. The van der Waals surface area contributed by atoms with Crippen molar-refractivity contribution in [2.24, 2.45) is 0 Å². The summed E-state index contributed by atoms with van der Waals surface area (Å²) in [6, 6.07) is 8.21. The molecule has 1 aromatic carbocycles. The minimum atomic E-state index is 0.688. The zero-order valence-corrected chi connectivity index (χ0v) is 12.2. The van der Waals surface area contributed by atoms with E-state index >= 15 is 0 Å². The molecule has 2 heterocycles. The lowest BCUT2D eigenvalue weighted by atomic mass is 10.2. The topological polar surface area (TPSA) is 69.7 Å². The Morgan fingerprint density at radius 3 is 2.71 bits per heavy atom. The number of nitrogens with zero attached hydrogens (tertiary/aromatic N) is 4. The zero-order chi connectivity index (χ0) is 14.7. The number of H-pyrrole nitrogens is 1. The van der Waals surface area contributed by atoms with Gasteiger partial charge in [0.1, 0.15) is 17.7 Å². The summed E-state index contributed by atoms with van der Waals surface area (Å²) < 4.78 is 0. The third kappa shape index (κ3) is 3.17. The average Bonchev–Trinajstić information content (AvgIpc) is 2.91. The number of aromatic amines is 1. The molecule has 2 N–H and O–H groups in total. The first kappa shape index (κ1) is 13.5. The van der Waals surface area contributed by atoms with E-state index in [2.05, 4.69) is 56.4 Å². The van der Waals surface area contributed by atoms with Crippen LogP contribution in [0.1, 0.15) is 0 Å². The number of imidazole rings is 1. The predicted octanol–water partition coefficient (Wildman–Crippen LogP) is 1.99. The maximum atomic E-state index is 4.46. The standard InChI is InChI=1S/C15H18N6/c1-21(2)8-7-17-12-5-3-11(4-6-12)14-19-13-9-16-10-18-15(13)20-14/h3-6,9-10,17H,7-8H2,1-2H3,(H,16,18,19,20). The van der Waals surface area contributed by atoms with Crippen LogP contribution in [-0.4, -0.2) is 52.0 Å². The highest BCUT2D eigenvalue weighted by atomic mass is 15.1. The molecule has 0 amide bonds. The molecule has 0 spiro atoms. The molecule has 0 bridgehead atoms. The van der Waals surface area contributed by atoms with E-state index < -0.39 is 0 Å². The fourth-order valence-corrected chi connectivity index (χ4v) is 2.07. The molecule has 2 aromatic heterocycles. The lowest BCUT2D eigenvalue weighted by Crippen LogP contribution is -2.20. The monoisotopic (exact) mass is 282 g/mol. The van der Waals surface area contributed by atoms with Gasteiger partial charge in [-0.25, -0.2) is 15.0 Å². The van der Waals surface area contributed by atoms with Gasteiger partial charge in [-0.05, 0) is 38.4 Å². The van der Waals surface area contributed by atoms with Gasteiger partial charge < -0.3 is 15.2 Å². The Morgan fingerprint density at radius 1 is 1.19 bits per heavy atom. The Bertz CT molecular complexity index is 683. The normalized spacial score (nSPS) is 11.2. The molecule has 0 saturated carbocycles. The van der Waals surface area contributed by atoms with Crippen molar-refractivity contribution in [2.45, 2.75) is 0 Å². The molecule has 3 rings (SSSR count). The molecule has 0 aliphatic carbocycles. The molecular formula is C15H18N6. The fourth-order valence-electron chi connectivity index (χ4n) is 2.07. The van der Waals surface area contributed by atoms with Crippen LogP contribution in [0.3, 0.4) is 0 Å². The third-order valence-electron chi connectivity index (χ3n) is 3.21. The predicted molar refractivity (Wildman–Crippen MR) is 84.2 cm³/mol. The molecule has 6 nitrogen and oxygen atoms in total. The van der Waals surface area contributed by atoms with E-state index in [1.807, 2.05) is 12.1 Å². The lowest BCUT2D eigenvalue weighted by molar-refractivity contribution is 0.425. The van der Waals surface area contributed by atoms with Gasteiger partial charge in [0.05, 0.1) is 6.20 Å². The van der Waals surface area contributed by atoms with Crippen LogP contribution in [0, 0.1) is 0 Å². The number of fused-ring (bicyclic) bond motifs is 1. The fraction of sp³-hybridized carbons (Fsp3) is 0.267. The second-order valence-electron chi connectivity index (χ2n) is 5.15. The van der Waals surface area contributed by atoms with Gasteiger partial charge in [-0.1, -0.05) is 0 Å². The van der Waals surface area contributed by atoms with Crippen molar-refractivity contribution < 1.29 is 0 Å². The zero-order valence-electron chi connectivity index (χ0n) is 12.2. The molecule has 21 heavy (non-hydrogen) atoms. The largest absolute Gasteiger partial charge is 0.384 e. The van der Waals surface area contributed by atoms with Crippen molar-refractivity contribution >= 4 is 16.9 Å². The highest BCUT2D eigenvalue weighted by Gasteiger charge is 2.05. The SMILES string of the molecule is CN(C)CCNc1ccc(-c2nc3ncncc3[nH]2)cc1. The van der Waals surface area contributed by atoms with Gasteiger partial charge in [0.15, 0.2) is 5.65 Å². The van der Waals surface area contributed by atoms with Crippen molar-refractivity contribution in [1.29, 1.82) is 0 Å². The average molecular weight is 282 g/mol. The summed E-state index contributed by atoms with van der Waals surface area (Å²) in [6.07, 6.45) is 3.24. The van der Waals surface area contributed by atoms with Crippen LogP contribution in [0.2, 0.25) is 0 Å². The Labute approximate surface area is 123 Å². The van der Waals surface area contributed by atoms with Gasteiger partial charge in [-0.15, -0.1) is 0 Å². The number of hydrogen-bond donors (Lipinski definition) is 2. The van der Waals surface area contributed by atoms with Gasteiger partial charge in [-0.2, -0.15) is 0 Å². The van der Waals surface area contributed by atoms with Crippen LogP contribution in [0.4, 0.5) is 5.69 Å². The molecular weight excluding hydrogens is 264 g/mol. The van der Waals surface area contributed by atoms with Crippen molar-refractivity contribution in [3.63, 3.8) is 0 Å². The maximum absolute atomic E-state index is 4.46. The Morgan fingerprint density at radius 2 is 2.00 bits per heavy atom. The number of likely N-dealkylation sites (N-methyl/N-ethyl adjacent to an activating group) is 1. The number of rotatable bonds is 5. The first-order valence-electron chi connectivity index (χ1n) is 6.87. The van der Waals surface area contributed by atoms with E-state index in [0.29, 0.717) is 5.65 Å². The van der Waals surface area contributed by atoms with Crippen LogP contribution in [-0.2, 0) is 0 Å². The number of nitrogens with one attached hydrogen (secondary N) is 2. The first-order chi connectivity index (χ1) is 10.2. The summed E-state index contributed by atoms with van der Waals surface area (Å²) in [4.78, 5) is 18.0. The minimum absolute atomic E-state index is 0.688. The summed E-state index contributed by atoms with van der Waals surface area (Å²) in [5.74, 6) is 0.811. The summed E-state index contributed by atoms with van der Waals surface area (Å²) in [6.45, 7) is 1.93. The van der Waals surface area contributed by atoms with E-state index in [9.17, 15) is 0 Å². The van der Waals surface area contributed by atoms with Crippen molar-refractivity contribution in [3.8, 4) is 11.4 Å². The summed E-state index contributed by atoms with van der Waals surface area (Å²) in [5, 5.41) is 3.39. The Balaban J connectivity index is 1.74. The van der Waals surface area contributed by atoms with Gasteiger partial charge >= 0.3 is 0 Å². The smallest absolute Gasteiger partial charge is 0.181 e. The van der Waals surface area contributed by atoms with Crippen LogP contribution in [0.5, 0.6) is 0 Å². The number of hydrogen-bond acceptors (Lipinski definition) is 5. The van der Waals surface area contributed by atoms with Gasteiger partial charge in [0.25, 0.3) is 0 Å². The van der Waals surface area contributed by atoms with E-state index in [0.717, 1.165) is 35.7 Å². The highest BCUT2D eigenvalue weighted by Crippen LogP contribution is 2.20. The van der Waals surface area contributed by atoms with Crippen LogP contribution in [0.15, 0.2) is 36.8 Å². The lowest BCUT2D eigenvalue weighted by Gasteiger charge is -2.11. The van der Waals surface area contributed by atoms with E-state index in [4.69, 9.17) is 0 Å². The second kappa shape index (κ2) is 5.88. The van der Waals surface area contributed by atoms with Crippen LogP contribution >= 0.6 is 0 Å². The molecule has 0 radical (unpaired) electrons. The molecule has 0 atom stereocenters. The maximum Gasteiger partial charge on any atom is 0.181 e. The Hall–Kier alpha value is -2.47. The molecule has 3 aromatic rings. The summed E-state index contributed by atoms with van der Waals surface area (Å²) in [5.41, 5.74) is 3.68. The molecule has 0 aliphatic heterocycles. The van der Waals surface area contributed by atoms with E-state index in [1.54, 1.807) is 6.20 Å². The molecule has 0 saturated heterocycles. The highest BCUT2D eigenvalue weighted by molar-refractivity contribution is 5.75. The quantitative estimate of drug-likeness (QED) is 0.749. The Kier molecular flexibility index (Phi) is 3.79. The van der Waals surface area contributed by atoms with Gasteiger partial charge in [-0.3, -0.25) is 0 Å². The van der Waals surface area contributed by atoms with Gasteiger partial charge in [0.2, 0.25) is 0 Å². The van der Waals surface area contributed by atoms with Crippen LogP contribution in [0.25, 0.3) is 22.6 Å². The van der Waals surface area contributed by atoms with E-state index in [-0.39, 0.29) is 0 Å². The molecule has 0 unspecified atom stereocenters. The second-order valence-corrected chi connectivity index (χ2v) is 5.15. The first-order valence-corrected chi connectivity index (χ1v) is 6.87. The molecule has 6 heteroatoms. The van der Waals surface area contributed by atoms with Gasteiger partial charge in [0, 0.05) is 24.3 Å².